The summed E-state index contributed by atoms with van der Waals surface area (Å²) >= 11 is 0. The Hall–Kier alpha value is -4.87. The van der Waals surface area contributed by atoms with Crippen LogP contribution in [0.25, 0.3) is 0 Å². The molecule has 1 aliphatic heterocycles. The molecule has 1 saturated carbocycles. The lowest BCUT2D eigenvalue weighted by molar-refractivity contribution is -0.318. The highest BCUT2D eigenvalue weighted by molar-refractivity contribution is 5.91. The minimum absolute atomic E-state index is 0.104. The second-order valence-electron chi connectivity index (χ2n) is 12.3. The first-order valence-electron chi connectivity index (χ1n) is 16.8. The van der Waals surface area contributed by atoms with Crippen LogP contribution in [0.5, 0.6) is 0 Å². The van der Waals surface area contributed by atoms with E-state index in [9.17, 15) is 19.5 Å². The number of carbonyl (C=O) groups is 3. The molecule has 10 heteroatoms. The average molecular weight is 681 g/mol. The number of benzene rings is 4. The van der Waals surface area contributed by atoms with Crippen molar-refractivity contribution in [2.75, 3.05) is 6.61 Å². The van der Waals surface area contributed by atoms with Gasteiger partial charge in [0, 0.05) is 0 Å². The van der Waals surface area contributed by atoms with Crippen molar-refractivity contribution in [1.29, 1.82) is 0 Å². The highest BCUT2D eigenvalue weighted by Gasteiger charge is 2.54. The first-order valence-corrected chi connectivity index (χ1v) is 16.8. The van der Waals surface area contributed by atoms with Crippen molar-refractivity contribution >= 4 is 17.9 Å². The molecule has 0 unspecified atom stereocenters. The lowest BCUT2D eigenvalue weighted by Gasteiger charge is -2.45. The molecule has 1 heterocycles. The molecule has 0 aromatic heterocycles. The highest BCUT2D eigenvalue weighted by Crippen LogP contribution is 2.34. The van der Waals surface area contributed by atoms with Crippen molar-refractivity contribution in [1.82, 2.24) is 0 Å². The molecule has 1 aliphatic carbocycles. The molecule has 1 saturated heterocycles. The molecule has 1 N–H and O–H groups in total. The van der Waals surface area contributed by atoms with E-state index in [0.29, 0.717) is 12.8 Å². The molecule has 7 atom stereocenters. The van der Waals surface area contributed by atoms with Crippen LogP contribution >= 0.6 is 0 Å². The van der Waals surface area contributed by atoms with Crippen LogP contribution < -0.4 is 0 Å². The molecule has 10 nitrogen and oxygen atoms in total. The van der Waals surface area contributed by atoms with Gasteiger partial charge in [0.1, 0.15) is 6.10 Å². The van der Waals surface area contributed by atoms with Gasteiger partial charge >= 0.3 is 17.9 Å². The topological polar surface area (TPSA) is 127 Å². The second-order valence-corrected chi connectivity index (χ2v) is 12.3. The summed E-state index contributed by atoms with van der Waals surface area (Å²) in [5.41, 5.74) is 1.63. The number of aliphatic hydroxyl groups is 1. The molecule has 50 heavy (non-hydrogen) atoms. The zero-order chi connectivity index (χ0) is 34.7. The van der Waals surface area contributed by atoms with Gasteiger partial charge in [0.25, 0.3) is 0 Å². The quantitative estimate of drug-likeness (QED) is 0.142. The van der Waals surface area contributed by atoms with Crippen molar-refractivity contribution in [3.63, 3.8) is 0 Å². The number of hydrogen-bond donors (Lipinski definition) is 1. The molecule has 0 spiro atoms. The smallest absolute Gasteiger partial charge is 0.338 e. The molecule has 6 rings (SSSR count). The van der Waals surface area contributed by atoms with E-state index in [0.717, 1.165) is 18.4 Å². The zero-order valence-electron chi connectivity index (χ0n) is 27.5. The van der Waals surface area contributed by atoms with Gasteiger partial charge < -0.3 is 33.5 Å². The van der Waals surface area contributed by atoms with Gasteiger partial charge in [-0.2, -0.15) is 0 Å². The van der Waals surface area contributed by atoms with Crippen LogP contribution in [0.2, 0.25) is 0 Å². The Morgan fingerprint density at radius 3 is 1.58 bits per heavy atom. The predicted octanol–water partition coefficient (Wildman–Crippen LogP) is 5.93. The first kappa shape index (κ1) is 35.0. The van der Waals surface area contributed by atoms with Crippen LogP contribution in [0.15, 0.2) is 121 Å². The minimum atomic E-state index is -1.41. The van der Waals surface area contributed by atoms with Crippen molar-refractivity contribution in [3.8, 4) is 0 Å². The third-order valence-corrected chi connectivity index (χ3v) is 8.72. The monoisotopic (exact) mass is 680 g/mol. The first-order chi connectivity index (χ1) is 24.5. The summed E-state index contributed by atoms with van der Waals surface area (Å²) in [6.07, 6.45) is -5.22. The summed E-state index contributed by atoms with van der Waals surface area (Å²) in [5.74, 6) is -2.17. The van der Waals surface area contributed by atoms with Gasteiger partial charge in [-0.3, -0.25) is 0 Å². The molecule has 2 aliphatic rings. The van der Waals surface area contributed by atoms with Crippen LogP contribution in [0.3, 0.4) is 0 Å². The molecule has 2 fully saturated rings. The second kappa shape index (κ2) is 17.2. The lowest BCUT2D eigenvalue weighted by atomic mass is 9.94. The van der Waals surface area contributed by atoms with Crippen molar-refractivity contribution in [2.45, 2.75) is 75.2 Å². The van der Waals surface area contributed by atoms with E-state index >= 15 is 0 Å². The molecule has 0 radical (unpaired) electrons. The maximum absolute atomic E-state index is 13.7. The van der Waals surface area contributed by atoms with Gasteiger partial charge in [-0.15, -0.1) is 0 Å². The Morgan fingerprint density at radius 1 is 0.600 bits per heavy atom. The number of aliphatic hydroxyl groups excluding tert-OH is 1. The van der Waals surface area contributed by atoms with Gasteiger partial charge in [0.15, 0.2) is 24.6 Å². The van der Waals surface area contributed by atoms with E-state index in [4.69, 9.17) is 28.4 Å². The van der Waals surface area contributed by atoms with Crippen molar-refractivity contribution in [2.24, 2.45) is 0 Å². The largest absolute Gasteiger partial charge is 0.452 e. The summed E-state index contributed by atoms with van der Waals surface area (Å²) in [5, 5.41) is 10.9. The molecular weight excluding hydrogens is 640 g/mol. The van der Waals surface area contributed by atoms with Crippen LogP contribution in [-0.2, 0) is 35.0 Å². The lowest BCUT2D eigenvalue weighted by Crippen LogP contribution is -2.63. The fourth-order valence-electron chi connectivity index (χ4n) is 6.10. The predicted molar refractivity (Wildman–Crippen MR) is 181 cm³/mol. The van der Waals surface area contributed by atoms with Gasteiger partial charge in [0.2, 0.25) is 0 Å². The van der Waals surface area contributed by atoms with Gasteiger partial charge in [-0.25, -0.2) is 14.4 Å². The fourth-order valence-corrected chi connectivity index (χ4v) is 6.10. The number of esters is 3. The Labute approximate surface area is 290 Å². The van der Waals surface area contributed by atoms with Gasteiger partial charge in [-0.1, -0.05) is 97.8 Å². The Kier molecular flexibility index (Phi) is 12.0. The number of ether oxygens (including phenoxy) is 6. The van der Waals surface area contributed by atoms with E-state index in [1.165, 1.54) is 0 Å². The minimum Gasteiger partial charge on any atom is -0.452 e. The third kappa shape index (κ3) is 9.02. The Bertz CT molecular complexity index is 1670. The number of carbonyl (C=O) groups excluding carboxylic acids is 3. The normalized spacial score (nSPS) is 24.9. The molecule has 0 amide bonds. The average Bonchev–Trinajstić information content (AvgIpc) is 3.16. The molecule has 260 valence electrons. The van der Waals surface area contributed by atoms with Crippen LogP contribution in [0, 0.1) is 0 Å². The van der Waals surface area contributed by atoms with E-state index in [1.807, 2.05) is 30.3 Å². The molecule has 4 aromatic carbocycles. The Balaban J connectivity index is 1.38. The molecular formula is C40H40O10. The standard InChI is InChI=1S/C40H40O10/c41-31-23-13-14-24-32(31)46-40-36(50-39(44)30-21-11-4-12-22-30)35(49-38(43)29-19-9-3-10-20-29)34(48-37(42)28-17-7-2-8-18-28)33(47-40)26-45-25-27-15-5-1-6-16-27/h1-12,15-22,31-36,40-41H,13-14,23-26H2/t31-,32-,33+,34-,35-,36+,40+/m0/s1. The molecule has 4 aromatic rings. The zero-order valence-corrected chi connectivity index (χ0v) is 27.5. The number of hydrogen-bond acceptors (Lipinski definition) is 10. The summed E-state index contributed by atoms with van der Waals surface area (Å²) < 4.78 is 37.3. The maximum Gasteiger partial charge on any atom is 0.338 e. The van der Waals surface area contributed by atoms with E-state index in [-0.39, 0.29) is 29.9 Å². The van der Waals surface area contributed by atoms with Crippen LogP contribution in [-0.4, -0.2) is 72.5 Å². The van der Waals surface area contributed by atoms with E-state index < -0.39 is 60.8 Å². The van der Waals surface area contributed by atoms with Crippen molar-refractivity contribution < 1.29 is 47.9 Å². The SMILES string of the molecule is O=C(O[C@H]1[C@@H](OC(=O)c2ccccc2)[C@@H](COCc2ccccc2)O[C@@H](O[C@H]2CCCC[C@@H]2O)[C@@H]1OC(=O)c1ccccc1)c1ccccc1. The van der Waals surface area contributed by atoms with Gasteiger partial charge in [0.05, 0.1) is 42.1 Å². The van der Waals surface area contributed by atoms with Crippen LogP contribution in [0.4, 0.5) is 0 Å². The summed E-state index contributed by atoms with van der Waals surface area (Å²) in [7, 11) is 0. The van der Waals surface area contributed by atoms with E-state index in [1.54, 1.807) is 91.0 Å². The summed E-state index contributed by atoms with van der Waals surface area (Å²) in [4.78, 5) is 41.0. The van der Waals surface area contributed by atoms with Crippen molar-refractivity contribution in [3.05, 3.63) is 144 Å². The highest BCUT2D eigenvalue weighted by atomic mass is 16.7. The van der Waals surface area contributed by atoms with E-state index in [2.05, 4.69) is 0 Å². The Morgan fingerprint density at radius 2 is 1.06 bits per heavy atom. The van der Waals surface area contributed by atoms with Gasteiger partial charge in [-0.05, 0) is 54.8 Å². The third-order valence-electron chi connectivity index (χ3n) is 8.72. The molecule has 0 bridgehead atoms. The number of rotatable bonds is 12. The van der Waals surface area contributed by atoms with Crippen LogP contribution in [0.1, 0.15) is 62.3 Å². The summed E-state index contributed by atoms with van der Waals surface area (Å²) in [6.45, 7) is 0.112. The maximum atomic E-state index is 13.7. The summed E-state index contributed by atoms with van der Waals surface area (Å²) in [6, 6.07) is 34.5. The fraction of sp³-hybridized carbons (Fsp3) is 0.325.